The lowest BCUT2D eigenvalue weighted by atomic mass is 9.95. The van der Waals surface area contributed by atoms with E-state index < -0.39 is 9.84 Å². The largest absolute Gasteiger partial charge is 0.263 e. The molecule has 0 saturated carbocycles. The molecule has 0 radical (unpaired) electrons. The molecule has 0 amide bonds. The van der Waals surface area contributed by atoms with Gasteiger partial charge in [0.25, 0.3) is 0 Å². The van der Waals surface area contributed by atoms with Gasteiger partial charge in [0, 0.05) is 24.2 Å². The number of aromatic nitrogens is 1. The van der Waals surface area contributed by atoms with E-state index in [1.54, 1.807) is 36.5 Å². The molecule has 2 aromatic carbocycles. The van der Waals surface area contributed by atoms with E-state index in [-0.39, 0.29) is 10.7 Å². The highest BCUT2D eigenvalue weighted by molar-refractivity contribution is 7.90. The lowest BCUT2D eigenvalue weighted by Crippen LogP contribution is -1.98. The Morgan fingerprint density at radius 2 is 1.68 bits per heavy atom. The minimum absolute atomic E-state index is 0.167. The zero-order valence-electron chi connectivity index (χ0n) is 13.3. The Kier molecular flexibility index (Phi) is 4.34. The predicted octanol–water partition coefficient (Wildman–Crippen LogP) is 3.83. The van der Waals surface area contributed by atoms with E-state index in [1.165, 1.54) is 24.4 Å². The number of nitrogens with zero attached hydrogens (tertiary/aromatic N) is 2. The van der Waals surface area contributed by atoms with Gasteiger partial charge in [0.2, 0.25) is 0 Å². The molecule has 0 atom stereocenters. The van der Waals surface area contributed by atoms with Crippen LogP contribution in [0.2, 0.25) is 0 Å². The molecule has 6 heteroatoms. The van der Waals surface area contributed by atoms with Crippen LogP contribution in [0.5, 0.6) is 0 Å². The van der Waals surface area contributed by atoms with Gasteiger partial charge >= 0.3 is 0 Å². The number of hydrogen-bond donors (Lipinski definition) is 0. The second-order valence-electron chi connectivity index (χ2n) is 5.56. The standard InChI is InChI=1S/C19H13FN2O2S/c1-25(23,24)17-6-7-18(15-8-13(10-21)11-22-12-15)19(9-17)14-2-4-16(20)5-3-14/h2-9,11-12H,1H3. The Hall–Kier alpha value is -3.04. The molecule has 0 unspecified atom stereocenters. The van der Waals surface area contributed by atoms with Gasteiger partial charge < -0.3 is 0 Å². The maximum atomic E-state index is 13.3. The van der Waals surface area contributed by atoms with E-state index in [4.69, 9.17) is 5.26 Å². The molecule has 0 N–H and O–H groups in total. The highest BCUT2D eigenvalue weighted by atomic mass is 32.2. The van der Waals surface area contributed by atoms with Crippen molar-refractivity contribution in [2.45, 2.75) is 4.90 Å². The number of benzene rings is 2. The summed E-state index contributed by atoms with van der Waals surface area (Å²) >= 11 is 0. The van der Waals surface area contributed by atoms with E-state index in [2.05, 4.69) is 4.98 Å². The van der Waals surface area contributed by atoms with Crippen molar-refractivity contribution in [3.63, 3.8) is 0 Å². The van der Waals surface area contributed by atoms with E-state index in [0.717, 1.165) is 6.26 Å². The average Bonchev–Trinajstić information content (AvgIpc) is 2.61. The Labute approximate surface area is 145 Å². The van der Waals surface area contributed by atoms with Crippen molar-refractivity contribution in [1.29, 1.82) is 5.26 Å². The molecule has 4 nitrogen and oxygen atoms in total. The molecule has 0 spiro atoms. The molecule has 124 valence electrons. The third-order valence-electron chi connectivity index (χ3n) is 3.75. The summed E-state index contributed by atoms with van der Waals surface area (Å²) in [7, 11) is -3.40. The number of hydrogen-bond acceptors (Lipinski definition) is 4. The summed E-state index contributed by atoms with van der Waals surface area (Å²) < 4.78 is 37.1. The summed E-state index contributed by atoms with van der Waals surface area (Å²) in [6.45, 7) is 0. The van der Waals surface area contributed by atoms with Gasteiger partial charge in [-0.1, -0.05) is 18.2 Å². The van der Waals surface area contributed by atoms with E-state index in [1.807, 2.05) is 6.07 Å². The molecule has 3 rings (SSSR count). The van der Waals surface area contributed by atoms with Gasteiger partial charge in [-0.2, -0.15) is 5.26 Å². The Balaban J connectivity index is 2.27. The Bertz CT molecular complexity index is 1090. The molecule has 0 aliphatic rings. The zero-order valence-corrected chi connectivity index (χ0v) is 14.1. The first-order chi connectivity index (χ1) is 11.9. The molecule has 25 heavy (non-hydrogen) atoms. The first-order valence-corrected chi connectivity index (χ1v) is 9.23. The minimum Gasteiger partial charge on any atom is -0.263 e. The Morgan fingerprint density at radius 1 is 0.960 bits per heavy atom. The average molecular weight is 352 g/mol. The topological polar surface area (TPSA) is 70.8 Å². The van der Waals surface area contributed by atoms with Crippen molar-refractivity contribution in [1.82, 2.24) is 4.98 Å². The van der Waals surface area contributed by atoms with Crippen molar-refractivity contribution in [3.8, 4) is 28.3 Å². The quantitative estimate of drug-likeness (QED) is 0.718. The first kappa shape index (κ1) is 16.8. The summed E-state index contributed by atoms with van der Waals surface area (Å²) in [5.41, 5.74) is 3.08. The number of nitriles is 1. The van der Waals surface area contributed by atoms with Crippen LogP contribution >= 0.6 is 0 Å². The lowest BCUT2D eigenvalue weighted by Gasteiger charge is -2.12. The lowest BCUT2D eigenvalue weighted by molar-refractivity contribution is 0.602. The van der Waals surface area contributed by atoms with Crippen LogP contribution in [0.3, 0.4) is 0 Å². The molecule has 3 aromatic rings. The van der Waals surface area contributed by atoms with Crippen LogP contribution in [-0.4, -0.2) is 19.7 Å². The number of halogens is 1. The van der Waals surface area contributed by atoms with Gasteiger partial charge in [0.05, 0.1) is 10.5 Å². The fourth-order valence-corrected chi connectivity index (χ4v) is 3.17. The SMILES string of the molecule is CS(=O)(=O)c1ccc(-c2cncc(C#N)c2)c(-c2ccc(F)cc2)c1. The van der Waals surface area contributed by atoms with Crippen LogP contribution in [0.1, 0.15) is 5.56 Å². The van der Waals surface area contributed by atoms with Gasteiger partial charge in [0.15, 0.2) is 9.84 Å². The third-order valence-corrected chi connectivity index (χ3v) is 4.86. The van der Waals surface area contributed by atoms with Crippen molar-refractivity contribution < 1.29 is 12.8 Å². The third kappa shape index (κ3) is 3.57. The maximum absolute atomic E-state index is 13.3. The van der Waals surface area contributed by atoms with Crippen molar-refractivity contribution in [2.75, 3.05) is 6.26 Å². The van der Waals surface area contributed by atoms with E-state index in [0.29, 0.717) is 27.8 Å². The van der Waals surface area contributed by atoms with E-state index >= 15 is 0 Å². The molecule has 0 aliphatic carbocycles. The zero-order chi connectivity index (χ0) is 18.0. The molecule has 0 fully saturated rings. The smallest absolute Gasteiger partial charge is 0.175 e. The van der Waals surface area contributed by atoms with Crippen molar-refractivity contribution in [2.24, 2.45) is 0 Å². The molecule has 0 aliphatic heterocycles. The van der Waals surface area contributed by atoms with Gasteiger partial charge in [0.1, 0.15) is 11.9 Å². The first-order valence-electron chi connectivity index (χ1n) is 7.34. The van der Waals surface area contributed by atoms with Crippen LogP contribution < -0.4 is 0 Å². The predicted molar refractivity (Wildman–Crippen MR) is 92.9 cm³/mol. The van der Waals surface area contributed by atoms with E-state index in [9.17, 15) is 12.8 Å². The summed E-state index contributed by atoms with van der Waals surface area (Å²) in [5.74, 6) is -0.377. The summed E-state index contributed by atoms with van der Waals surface area (Å²) in [6.07, 6.45) is 4.18. The monoisotopic (exact) mass is 352 g/mol. The van der Waals surface area contributed by atoms with Crippen molar-refractivity contribution in [3.05, 3.63) is 72.3 Å². The molecule has 1 heterocycles. The van der Waals surface area contributed by atoms with Crippen LogP contribution in [-0.2, 0) is 9.84 Å². The molecular formula is C19H13FN2O2S. The minimum atomic E-state index is -3.40. The van der Waals surface area contributed by atoms with Crippen molar-refractivity contribution >= 4 is 9.84 Å². The molecule has 1 aromatic heterocycles. The van der Waals surface area contributed by atoms with Crippen LogP contribution in [0.15, 0.2) is 65.8 Å². The number of sulfone groups is 1. The highest BCUT2D eigenvalue weighted by Gasteiger charge is 2.14. The van der Waals surface area contributed by atoms with Crippen LogP contribution in [0.4, 0.5) is 4.39 Å². The fraction of sp³-hybridized carbons (Fsp3) is 0.0526. The second kappa shape index (κ2) is 6.46. The number of pyridine rings is 1. The summed E-state index contributed by atoms with van der Waals surface area (Å²) in [5, 5.41) is 9.07. The molecule has 0 bridgehead atoms. The number of rotatable bonds is 3. The van der Waals surface area contributed by atoms with Gasteiger partial charge in [-0.15, -0.1) is 0 Å². The molecule has 0 saturated heterocycles. The second-order valence-corrected chi connectivity index (χ2v) is 7.58. The summed E-state index contributed by atoms with van der Waals surface area (Å²) in [4.78, 5) is 4.22. The summed E-state index contributed by atoms with van der Waals surface area (Å²) in [6, 6.07) is 14.2. The highest BCUT2D eigenvalue weighted by Crippen LogP contribution is 2.34. The van der Waals surface area contributed by atoms with Crippen LogP contribution in [0, 0.1) is 17.1 Å². The van der Waals surface area contributed by atoms with Gasteiger partial charge in [-0.3, -0.25) is 4.98 Å². The van der Waals surface area contributed by atoms with Gasteiger partial charge in [-0.05, 0) is 47.0 Å². The fourth-order valence-electron chi connectivity index (χ4n) is 2.52. The van der Waals surface area contributed by atoms with Gasteiger partial charge in [-0.25, -0.2) is 12.8 Å². The normalized spacial score (nSPS) is 11.1. The Morgan fingerprint density at radius 3 is 2.32 bits per heavy atom. The maximum Gasteiger partial charge on any atom is 0.175 e. The van der Waals surface area contributed by atoms with Crippen LogP contribution in [0.25, 0.3) is 22.3 Å². The molecular weight excluding hydrogens is 339 g/mol.